The zero-order valence-corrected chi connectivity index (χ0v) is 45.4. The summed E-state index contributed by atoms with van der Waals surface area (Å²) in [6.45, 7) is 13.6. The van der Waals surface area contributed by atoms with Crippen molar-refractivity contribution < 1.29 is 8.83 Å². The average molecular weight is 1030 g/mol. The molecule has 6 heterocycles. The molecule has 0 saturated heterocycles. The third kappa shape index (κ3) is 6.02. The van der Waals surface area contributed by atoms with Gasteiger partial charge in [-0.1, -0.05) is 187 Å². The van der Waals surface area contributed by atoms with Crippen LogP contribution in [0.1, 0.15) is 52.7 Å². The first-order valence-electron chi connectivity index (χ1n) is 27.9. The van der Waals surface area contributed by atoms with Gasteiger partial charge in [-0.15, -0.1) is 0 Å². The number of nitrogens with zero attached hydrogens (tertiary/aromatic N) is 4. The molecular weight excluding hydrogens is 977 g/mol. The number of para-hydroxylation sites is 8. The normalized spacial score (nSPS) is 12.9. The van der Waals surface area contributed by atoms with E-state index in [1.54, 1.807) is 0 Å². The van der Waals surface area contributed by atoms with E-state index in [0.717, 1.165) is 78.0 Å². The Kier molecular flexibility index (Phi) is 9.01. The lowest BCUT2D eigenvalue weighted by Gasteiger charge is -2.26. The molecule has 0 atom stereocenters. The highest BCUT2D eigenvalue weighted by molar-refractivity contribution is 6.32. The van der Waals surface area contributed by atoms with E-state index in [-0.39, 0.29) is 10.8 Å². The van der Waals surface area contributed by atoms with Crippen LogP contribution in [-0.2, 0) is 10.8 Å². The molecule has 0 N–H and O–H groups in total. The van der Waals surface area contributed by atoms with E-state index in [2.05, 4.69) is 279 Å². The SMILES string of the molecule is CC(C)(C)c1cccc2c1oc1c(N(c3ccccc3)c3ccc4c5cc6c(cc5n5c7ccccc7c3c45)c3ccc(N(c4ccccc4)c4cccc5c4oc4c(C(C)(C)C)cccc45)c4c5ccccc5n6c34)cccc12. The fraction of sp³-hybridized carbons (Fsp3) is 0.108. The van der Waals surface area contributed by atoms with Gasteiger partial charge in [-0.25, -0.2) is 0 Å². The molecule has 0 bridgehead atoms. The third-order valence-corrected chi connectivity index (χ3v) is 17.4. The van der Waals surface area contributed by atoms with Gasteiger partial charge in [-0.2, -0.15) is 0 Å². The van der Waals surface area contributed by atoms with Gasteiger partial charge in [0.15, 0.2) is 11.2 Å². The average Bonchev–Trinajstić information content (AvgIpc) is 4.48. The second kappa shape index (κ2) is 15.9. The maximum Gasteiger partial charge on any atom is 0.159 e. The number of hydrogen-bond donors (Lipinski definition) is 0. The molecule has 0 fully saturated rings. The standard InChI is InChI=1S/C74H54N4O2/c1-73(2,3)55-31-17-27-47-49-29-19-35-61(71(49)79-69(47)55)75(43-21-9-7-10-22-43)59-39-37-45-53-41-64-54(42-63(53)77-57-33-15-13-25-51(57)65(59)67(45)77)46-38-40-60(66-52-26-14-16-34-58(52)78(64)68(46)66)76(44-23-11-8-12-24-44)62-36-20-30-50-48-28-18-32-56(74(4,5)6)70(48)80-72(50)62/h7-42H,1-6H3. The van der Waals surface area contributed by atoms with Crippen LogP contribution in [0, 0.1) is 0 Å². The smallest absolute Gasteiger partial charge is 0.159 e. The minimum Gasteiger partial charge on any atom is -0.454 e. The van der Waals surface area contributed by atoms with Gasteiger partial charge in [0.1, 0.15) is 11.2 Å². The molecule has 6 heteroatoms. The van der Waals surface area contributed by atoms with Crippen molar-refractivity contribution in [1.82, 2.24) is 8.80 Å². The van der Waals surface area contributed by atoms with Crippen LogP contribution >= 0.6 is 0 Å². The summed E-state index contributed by atoms with van der Waals surface area (Å²) in [6.07, 6.45) is 0. The van der Waals surface area contributed by atoms with Crippen LogP contribution in [0.5, 0.6) is 0 Å². The molecule has 17 rings (SSSR count). The van der Waals surface area contributed by atoms with Crippen molar-refractivity contribution in [2.75, 3.05) is 9.80 Å². The lowest BCUT2D eigenvalue weighted by atomic mass is 9.86. The molecule has 6 aromatic heterocycles. The summed E-state index contributed by atoms with van der Waals surface area (Å²) in [5, 5.41) is 14.2. The summed E-state index contributed by atoms with van der Waals surface area (Å²) < 4.78 is 19.3. The van der Waals surface area contributed by atoms with Gasteiger partial charge in [-0.3, -0.25) is 0 Å². The molecule has 11 aromatic carbocycles. The predicted octanol–water partition coefficient (Wildman–Crippen LogP) is 21.3. The molecule has 6 nitrogen and oxygen atoms in total. The van der Waals surface area contributed by atoms with Crippen LogP contribution in [0.25, 0.3) is 120 Å². The van der Waals surface area contributed by atoms with Gasteiger partial charge in [0, 0.05) is 87.1 Å². The second-order valence-electron chi connectivity index (χ2n) is 24.0. The number of anilines is 6. The number of furan rings is 2. The monoisotopic (exact) mass is 1030 g/mol. The van der Waals surface area contributed by atoms with E-state index in [1.807, 2.05) is 0 Å². The number of benzene rings is 11. The third-order valence-electron chi connectivity index (χ3n) is 17.4. The van der Waals surface area contributed by atoms with Crippen LogP contribution in [0.15, 0.2) is 227 Å². The van der Waals surface area contributed by atoms with Gasteiger partial charge in [0.25, 0.3) is 0 Å². The Hall–Kier alpha value is -9.78. The minimum absolute atomic E-state index is 0.0975. The summed E-state index contributed by atoms with van der Waals surface area (Å²) >= 11 is 0. The summed E-state index contributed by atoms with van der Waals surface area (Å²) in [5.41, 5.74) is 19.3. The van der Waals surface area contributed by atoms with Gasteiger partial charge in [0.05, 0.1) is 55.8 Å². The minimum atomic E-state index is -0.0975. The number of aromatic nitrogens is 2. The van der Waals surface area contributed by atoms with Crippen LogP contribution in [0.4, 0.5) is 34.1 Å². The first-order valence-corrected chi connectivity index (χ1v) is 27.9. The van der Waals surface area contributed by atoms with E-state index >= 15 is 0 Å². The summed E-state index contributed by atoms with van der Waals surface area (Å²) in [5.74, 6) is 0. The molecule has 0 aliphatic rings. The fourth-order valence-electron chi connectivity index (χ4n) is 14.0. The summed E-state index contributed by atoms with van der Waals surface area (Å²) in [7, 11) is 0. The molecule has 0 aliphatic heterocycles. The largest absolute Gasteiger partial charge is 0.454 e. The Morgan fingerprint density at radius 1 is 0.287 bits per heavy atom. The topological polar surface area (TPSA) is 41.6 Å². The van der Waals surface area contributed by atoms with Gasteiger partial charge >= 0.3 is 0 Å². The van der Waals surface area contributed by atoms with Crippen molar-refractivity contribution >= 4 is 154 Å². The number of hydrogen-bond acceptors (Lipinski definition) is 4. The van der Waals surface area contributed by atoms with Crippen LogP contribution < -0.4 is 9.80 Å². The summed E-state index contributed by atoms with van der Waals surface area (Å²) in [4.78, 5) is 4.85. The molecule has 0 unspecified atom stereocenters. The summed E-state index contributed by atoms with van der Waals surface area (Å²) in [6, 6.07) is 80.3. The number of rotatable bonds is 6. The fourth-order valence-corrected chi connectivity index (χ4v) is 14.0. The number of fused-ring (bicyclic) bond motifs is 18. The van der Waals surface area contributed by atoms with Crippen molar-refractivity contribution in [3.63, 3.8) is 0 Å². The van der Waals surface area contributed by atoms with Gasteiger partial charge in [0.2, 0.25) is 0 Å². The first-order chi connectivity index (χ1) is 39.0. The van der Waals surface area contributed by atoms with Crippen LogP contribution in [0.3, 0.4) is 0 Å². The van der Waals surface area contributed by atoms with Crippen LogP contribution in [0.2, 0.25) is 0 Å². The molecule has 0 spiro atoms. The Morgan fingerprint density at radius 2 is 0.650 bits per heavy atom. The molecule has 0 saturated carbocycles. The maximum atomic E-state index is 7.13. The highest BCUT2D eigenvalue weighted by Gasteiger charge is 2.31. The van der Waals surface area contributed by atoms with Gasteiger partial charge < -0.3 is 27.4 Å². The van der Waals surface area contributed by atoms with Crippen LogP contribution in [-0.4, -0.2) is 8.80 Å². The Labute approximate surface area is 461 Å². The Balaban J connectivity index is 0.928. The Morgan fingerprint density at radius 3 is 1.06 bits per heavy atom. The predicted molar refractivity (Wildman–Crippen MR) is 337 cm³/mol. The van der Waals surface area contributed by atoms with Crippen molar-refractivity contribution in [2.45, 2.75) is 52.4 Å². The molecular formula is C74H54N4O2. The first kappa shape index (κ1) is 45.3. The molecule has 0 amide bonds. The highest BCUT2D eigenvalue weighted by atomic mass is 16.3. The van der Waals surface area contributed by atoms with E-state index in [9.17, 15) is 0 Å². The maximum absolute atomic E-state index is 7.13. The molecule has 80 heavy (non-hydrogen) atoms. The molecule has 0 aliphatic carbocycles. The zero-order chi connectivity index (χ0) is 53.5. The van der Waals surface area contributed by atoms with E-state index in [4.69, 9.17) is 8.83 Å². The van der Waals surface area contributed by atoms with Gasteiger partial charge in [-0.05, 0) is 83.6 Å². The van der Waals surface area contributed by atoms with E-state index < -0.39 is 0 Å². The highest BCUT2D eigenvalue weighted by Crippen LogP contribution is 2.53. The van der Waals surface area contributed by atoms with E-state index in [0.29, 0.717) is 0 Å². The second-order valence-corrected chi connectivity index (χ2v) is 24.0. The van der Waals surface area contributed by atoms with Crippen molar-refractivity contribution in [1.29, 1.82) is 0 Å². The quantitative estimate of drug-likeness (QED) is 0.166. The van der Waals surface area contributed by atoms with Crippen molar-refractivity contribution in [3.8, 4) is 0 Å². The Bertz CT molecular complexity index is 5050. The molecule has 382 valence electrons. The lowest BCUT2D eigenvalue weighted by molar-refractivity contribution is 0.572. The van der Waals surface area contributed by atoms with Crippen molar-refractivity contribution in [2.24, 2.45) is 0 Å². The van der Waals surface area contributed by atoms with E-state index in [1.165, 1.54) is 87.3 Å². The molecule has 17 aromatic rings. The molecule has 0 radical (unpaired) electrons. The lowest BCUT2D eigenvalue weighted by Crippen LogP contribution is -2.11. The van der Waals surface area contributed by atoms with Crippen molar-refractivity contribution in [3.05, 3.63) is 230 Å². The zero-order valence-electron chi connectivity index (χ0n) is 45.4.